The number of nitrogens with zero attached hydrogens (tertiary/aromatic N) is 2. The second-order valence-corrected chi connectivity index (χ2v) is 9.20. The second kappa shape index (κ2) is 8.62. The summed E-state index contributed by atoms with van der Waals surface area (Å²) in [5, 5.41) is 10.3. The molecule has 3 rings (SSSR count). The molecule has 156 valence electrons. The van der Waals surface area contributed by atoms with E-state index in [1.807, 2.05) is 24.3 Å². The third kappa shape index (κ3) is 5.21. The number of rotatable bonds is 4. The van der Waals surface area contributed by atoms with Crippen molar-refractivity contribution < 1.29 is 14.3 Å². The predicted molar refractivity (Wildman–Crippen MR) is 115 cm³/mol. The van der Waals surface area contributed by atoms with Crippen LogP contribution in [0.3, 0.4) is 0 Å². The molecule has 2 atom stereocenters. The largest absolute Gasteiger partial charge is 0.465 e. The van der Waals surface area contributed by atoms with Gasteiger partial charge in [-0.05, 0) is 60.2 Å². The molecule has 0 aliphatic carbocycles. The van der Waals surface area contributed by atoms with Crippen molar-refractivity contribution in [3.8, 4) is 0 Å². The highest BCUT2D eigenvalue weighted by molar-refractivity contribution is 6.30. The van der Waals surface area contributed by atoms with Crippen LogP contribution in [0.2, 0.25) is 5.02 Å². The van der Waals surface area contributed by atoms with E-state index in [9.17, 15) is 14.3 Å². The number of anilines is 1. The van der Waals surface area contributed by atoms with Gasteiger partial charge in [-0.2, -0.15) is 0 Å². The molecule has 1 amide bonds. The van der Waals surface area contributed by atoms with Crippen molar-refractivity contribution in [3.63, 3.8) is 0 Å². The quantitative estimate of drug-likeness (QED) is 0.657. The molecular weight excluding hydrogens is 391 g/mol. The van der Waals surface area contributed by atoms with E-state index in [2.05, 4.69) is 25.7 Å². The summed E-state index contributed by atoms with van der Waals surface area (Å²) >= 11 is 6.08. The third-order valence-electron chi connectivity index (χ3n) is 5.69. The molecule has 1 aliphatic rings. The standard InChI is InChI=1S/C23H28ClFN2O2/c1-23(2,3)21-14-20(12-13-26(21)22(28)29)27(19-10-6-17(24)7-11-19)15-16-4-8-18(25)9-5-16/h4-11,20-21H,12-15H2,1-3H3,(H,28,29). The van der Waals surface area contributed by atoms with Crippen LogP contribution < -0.4 is 4.90 Å². The van der Waals surface area contributed by atoms with Crippen LogP contribution in [0.15, 0.2) is 48.5 Å². The summed E-state index contributed by atoms with van der Waals surface area (Å²) in [6, 6.07) is 14.3. The minimum Gasteiger partial charge on any atom is -0.465 e. The molecule has 1 fully saturated rings. The van der Waals surface area contributed by atoms with Crippen LogP contribution >= 0.6 is 11.6 Å². The molecule has 1 N–H and O–H groups in total. The van der Waals surface area contributed by atoms with Crippen molar-refractivity contribution in [3.05, 3.63) is 64.9 Å². The van der Waals surface area contributed by atoms with Crippen molar-refractivity contribution in [2.75, 3.05) is 11.4 Å². The Morgan fingerprint density at radius 2 is 1.79 bits per heavy atom. The van der Waals surface area contributed by atoms with Gasteiger partial charge in [0, 0.05) is 35.9 Å². The van der Waals surface area contributed by atoms with Gasteiger partial charge in [0.15, 0.2) is 0 Å². The lowest BCUT2D eigenvalue weighted by atomic mass is 9.78. The van der Waals surface area contributed by atoms with Gasteiger partial charge in [0.2, 0.25) is 0 Å². The van der Waals surface area contributed by atoms with E-state index in [1.165, 1.54) is 12.1 Å². The van der Waals surface area contributed by atoms with Gasteiger partial charge in [0.1, 0.15) is 5.82 Å². The Kier molecular flexibility index (Phi) is 6.37. The van der Waals surface area contributed by atoms with E-state index < -0.39 is 6.09 Å². The molecular formula is C23H28ClFN2O2. The Hall–Kier alpha value is -2.27. The van der Waals surface area contributed by atoms with Crippen molar-refractivity contribution in [2.45, 2.75) is 52.2 Å². The number of halogens is 2. The molecule has 4 nitrogen and oxygen atoms in total. The van der Waals surface area contributed by atoms with Crippen LogP contribution in [-0.4, -0.2) is 34.7 Å². The Balaban J connectivity index is 1.91. The molecule has 1 saturated heterocycles. The number of amides is 1. The van der Waals surface area contributed by atoms with Gasteiger partial charge < -0.3 is 14.9 Å². The lowest BCUT2D eigenvalue weighted by molar-refractivity contribution is 0.0520. The van der Waals surface area contributed by atoms with E-state index in [1.54, 1.807) is 17.0 Å². The molecule has 0 radical (unpaired) electrons. The molecule has 0 saturated carbocycles. The fourth-order valence-corrected chi connectivity index (χ4v) is 4.26. The Labute approximate surface area is 176 Å². The van der Waals surface area contributed by atoms with Gasteiger partial charge in [0.25, 0.3) is 0 Å². The first-order valence-corrected chi connectivity index (χ1v) is 10.3. The maximum Gasteiger partial charge on any atom is 0.407 e. The van der Waals surface area contributed by atoms with E-state index in [-0.39, 0.29) is 23.3 Å². The first kappa shape index (κ1) is 21.4. The summed E-state index contributed by atoms with van der Waals surface area (Å²) in [5.74, 6) is -0.255. The fourth-order valence-electron chi connectivity index (χ4n) is 4.13. The van der Waals surface area contributed by atoms with E-state index in [4.69, 9.17) is 11.6 Å². The Morgan fingerprint density at radius 1 is 1.17 bits per heavy atom. The van der Waals surface area contributed by atoms with Crippen LogP contribution in [0.1, 0.15) is 39.2 Å². The fraction of sp³-hybridized carbons (Fsp3) is 0.435. The van der Waals surface area contributed by atoms with Crippen LogP contribution in [0.4, 0.5) is 14.9 Å². The van der Waals surface area contributed by atoms with Crippen LogP contribution in [0, 0.1) is 11.2 Å². The monoisotopic (exact) mass is 418 g/mol. The second-order valence-electron chi connectivity index (χ2n) is 8.77. The predicted octanol–water partition coefficient (Wildman–Crippen LogP) is 6.04. The molecule has 6 heteroatoms. The minimum absolute atomic E-state index is 0.0817. The number of hydrogen-bond donors (Lipinski definition) is 1. The van der Waals surface area contributed by atoms with Crippen LogP contribution in [-0.2, 0) is 6.54 Å². The van der Waals surface area contributed by atoms with Gasteiger partial charge >= 0.3 is 6.09 Å². The average Bonchev–Trinajstić information content (AvgIpc) is 2.67. The van der Waals surface area contributed by atoms with Gasteiger partial charge in [-0.3, -0.25) is 0 Å². The number of carboxylic acid groups (broad SMARTS) is 1. The van der Waals surface area contributed by atoms with E-state index in [0.29, 0.717) is 18.1 Å². The molecule has 1 heterocycles. The normalized spacial score (nSPS) is 19.8. The van der Waals surface area contributed by atoms with Crippen LogP contribution in [0.25, 0.3) is 0 Å². The molecule has 0 aromatic heterocycles. The van der Waals surface area contributed by atoms with Gasteiger partial charge in [0.05, 0.1) is 0 Å². The number of benzene rings is 2. The van der Waals surface area contributed by atoms with Gasteiger partial charge in [-0.25, -0.2) is 9.18 Å². The Bertz CT molecular complexity index is 833. The van der Waals surface area contributed by atoms with E-state index >= 15 is 0 Å². The molecule has 2 aromatic rings. The molecule has 1 aliphatic heterocycles. The zero-order valence-electron chi connectivity index (χ0n) is 17.1. The number of likely N-dealkylation sites (tertiary alicyclic amines) is 1. The highest BCUT2D eigenvalue weighted by Crippen LogP contribution is 2.36. The summed E-state index contributed by atoms with van der Waals surface area (Å²) in [6.07, 6.45) is 0.613. The summed E-state index contributed by atoms with van der Waals surface area (Å²) in [5.41, 5.74) is 1.87. The lowest BCUT2D eigenvalue weighted by Gasteiger charge is -2.48. The number of carbonyl (C=O) groups is 1. The van der Waals surface area contributed by atoms with Crippen molar-refractivity contribution in [2.24, 2.45) is 5.41 Å². The smallest absolute Gasteiger partial charge is 0.407 e. The molecule has 2 aromatic carbocycles. The lowest BCUT2D eigenvalue weighted by Crippen LogP contribution is -2.56. The summed E-state index contributed by atoms with van der Waals surface area (Å²) < 4.78 is 13.4. The summed E-state index contributed by atoms with van der Waals surface area (Å²) in [4.78, 5) is 15.7. The number of hydrogen-bond acceptors (Lipinski definition) is 2. The maximum absolute atomic E-state index is 13.4. The van der Waals surface area contributed by atoms with Gasteiger partial charge in [-0.1, -0.05) is 44.5 Å². The average molecular weight is 419 g/mol. The Morgan fingerprint density at radius 3 is 2.34 bits per heavy atom. The zero-order valence-corrected chi connectivity index (χ0v) is 17.9. The van der Waals surface area contributed by atoms with Crippen LogP contribution in [0.5, 0.6) is 0 Å². The molecule has 0 bridgehead atoms. The zero-order chi connectivity index (χ0) is 21.2. The molecule has 0 spiro atoms. The molecule has 2 unspecified atom stereocenters. The summed E-state index contributed by atoms with van der Waals surface area (Å²) in [7, 11) is 0. The minimum atomic E-state index is -0.861. The maximum atomic E-state index is 13.4. The van der Waals surface area contributed by atoms with E-state index in [0.717, 1.165) is 24.1 Å². The van der Waals surface area contributed by atoms with Crippen molar-refractivity contribution >= 4 is 23.4 Å². The highest BCUT2D eigenvalue weighted by Gasteiger charge is 2.40. The van der Waals surface area contributed by atoms with Gasteiger partial charge in [-0.15, -0.1) is 0 Å². The first-order valence-electron chi connectivity index (χ1n) is 9.91. The third-order valence-corrected chi connectivity index (χ3v) is 5.94. The molecule has 29 heavy (non-hydrogen) atoms. The van der Waals surface area contributed by atoms with Crippen molar-refractivity contribution in [1.29, 1.82) is 0 Å². The highest BCUT2D eigenvalue weighted by atomic mass is 35.5. The summed E-state index contributed by atoms with van der Waals surface area (Å²) in [6.45, 7) is 7.37. The SMILES string of the molecule is CC(C)(C)C1CC(N(Cc2ccc(F)cc2)c2ccc(Cl)cc2)CCN1C(=O)O. The van der Waals surface area contributed by atoms with Crippen molar-refractivity contribution in [1.82, 2.24) is 4.90 Å². The first-order chi connectivity index (χ1) is 13.6. The topological polar surface area (TPSA) is 43.8 Å². The number of piperidine rings is 1.